The van der Waals surface area contributed by atoms with Crippen LogP contribution in [0, 0.1) is 13.8 Å². The van der Waals surface area contributed by atoms with Crippen LogP contribution in [0.3, 0.4) is 0 Å². The molecule has 0 radical (unpaired) electrons. The minimum absolute atomic E-state index is 0.329. The lowest BCUT2D eigenvalue weighted by molar-refractivity contribution is -0.0974. The second-order valence-corrected chi connectivity index (χ2v) is 7.11. The molecule has 4 nitrogen and oxygen atoms in total. The van der Waals surface area contributed by atoms with Crippen molar-refractivity contribution in [2.45, 2.75) is 52.2 Å². The molecule has 0 atom stereocenters. The first-order valence-corrected chi connectivity index (χ1v) is 7.35. The van der Waals surface area contributed by atoms with Crippen molar-refractivity contribution in [1.29, 1.82) is 0 Å². The SMILES string of the molecule is Cc1cccc(C)c1CC1(O)CN(C(=O)OC(C)(C)C)C1. The fourth-order valence-corrected chi connectivity index (χ4v) is 2.69. The topological polar surface area (TPSA) is 49.8 Å². The summed E-state index contributed by atoms with van der Waals surface area (Å²) in [7, 11) is 0. The van der Waals surface area contributed by atoms with E-state index in [2.05, 4.69) is 26.0 Å². The maximum atomic E-state index is 11.9. The highest BCUT2D eigenvalue weighted by atomic mass is 16.6. The molecule has 1 saturated heterocycles. The van der Waals surface area contributed by atoms with Gasteiger partial charge in [-0.05, 0) is 51.3 Å². The van der Waals surface area contributed by atoms with E-state index in [4.69, 9.17) is 4.74 Å². The highest BCUT2D eigenvalue weighted by Crippen LogP contribution is 2.29. The molecule has 1 aromatic rings. The normalized spacial score (nSPS) is 17.3. The monoisotopic (exact) mass is 291 g/mol. The van der Waals surface area contributed by atoms with Gasteiger partial charge in [-0.25, -0.2) is 4.79 Å². The summed E-state index contributed by atoms with van der Waals surface area (Å²) in [4.78, 5) is 13.5. The fraction of sp³-hybridized carbons (Fsp3) is 0.588. The summed E-state index contributed by atoms with van der Waals surface area (Å²) >= 11 is 0. The van der Waals surface area contributed by atoms with Gasteiger partial charge in [-0.3, -0.25) is 0 Å². The number of hydrogen-bond donors (Lipinski definition) is 1. The molecule has 0 unspecified atom stereocenters. The quantitative estimate of drug-likeness (QED) is 0.911. The predicted octanol–water partition coefficient (Wildman–Crippen LogP) is 2.83. The van der Waals surface area contributed by atoms with E-state index < -0.39 is 11.2 Å². The van der Waals surface area contributed by atoms with E-state index in [1.54, 1.807) is 4.90 Å². The van der Waals surface area contributed by atoms with Gasteiger partial charge in [-0.2, -0.15) is 0 Å². The van der Waals surface area contributed by atoms with Crippen molar-refractivity contribution in [3.05, 3.63) is 34.9 Å². The van der Waals surface area contributed by atoms with Crippen molar-refractivity contribution >= 4 is 6.09 Å². The molecule has 1 aliphatic rings. The third-order valence-corrected chi connectivity index (χ3v) is 3.77. The number of β-amino-alcohol motifs (C(OH)–C–C–N with tert-alkyl or cyclic N) is 1. The second kappa shape index (κ2) is 5.34. The Morgan fingerprint density at radius 2 is 1.81 bits per heavy atom. The van der Waals surface area contributed by atoms with Gasteiger partial charge in [0.05, 0.1) is 13.1 Å². The Labute approximate surface area is 126 Å². The van der Waals surface area contributed by atoms with Crippen LogP contribution in [0.4, 0.5) is 4.79 Å². The van der Waals surface area contributed by atoms with Crippen LogP contribution in [-0.4, -0.2) is 40.4 Å². The van der Waals surface area contributed by atoms with E-state index in [0.717, 1.165) is 0 Å². The van der Waals surface area contributed by atoms with Crippen LogP contribution in [0.5, 0.6) is 0 Å². The molecule has 0 bridgehead atoms. The number of hydrogen-bond acceptors (Lipinski definition) is 3. The van der Waals surface area contributed by atoms with Gasteiger partial charge in [0.15, 0.2) is 0 Å². The molecule has 0 aromatic heterocycles. The number of carbonyl (C=O) groups excluding carboxylic acids is 1. The Hall–Kier alpha value is -1.55. The molecule has 1 aromatic carbocycles. The summed E-state index contributed by atoms with van der Waals surface area (Å²) in [6.45, 7) is 10.3. The molecular weight excluding hydrogens is 266 g/mol. The molecule has 116 valence electrons. The third-order valence-electron chi connectivity index (χ3n) is 3.77. The van der Waals surface area contributed by atoms with Gasteiger partial charge in [0, 0.05) is 6.42 Å². The second-order valence-electron chi connectivity index (χ2n) is 7.11. The molecule has 21 heavy (non-hydrogen) atoms. The van der Waals surface area contributed by atoms with Gasteiger partial charge in [0.2, 0.25) is 0 Å². The Kier molecular flexibility index (Phi) is 4.02. The highest BCUT2D eigenvalue weighted by Gasteiger charge is 2.45. The highest BCUT2D eigenvalue weighted by molar-refractivity contribution is 5.69. The summed E-state index contributed by atoms with van der Waals surface area (Å²) in [5, 5.41) is 10.6. The number of aryl methyl sites for hydroxylation is 2. The lowest BCUT2D eigenvalue weighted by Gasteiger charge is -2.46. The summed E-state index contributed by atoms with van der Waals surface area (Å²) in [5.41, 5.74) is 2.19. The summed E-state index contributed by atoms with van der Waals surface area (Å²) in [5.74, 6) is 0. The number of likely N-dealkylation sites (tertiary alicyclic amines) is 1. The molecule has 1 amide bonds. The predicted molar refractivity (Wildman–Crippen MR) is 82.4 cm³/mol. The number of benzene rings is 1. The van der Waals surface area contributed by atoms with E-state index in [0.29, 0.717) is 19.5 Å². The van der Waals surface area contributed by atoms with Crippen LogP contribution in [0.25, 0.3) is 0 Å². The van der Waals surface area contributed by atoms with Gasteiger partial charge < -0.3 is 14.7 Å². The summed E-state index contributed by atoms with van der Waals surface area (Å²) in [6, 6.07) is 6.12. The molecule has 4 heteroatoms. The van der Waals surface area contributed by atoms with Gasteiger partial charge in [0.1, 0.15) is 11.2 Å². The van der Waals surface area contributed by atoms with E-state index in [-0.39, 0.29) is 6.09 Å². The molecule has 1 aliphatic heterocycles. The Balaban J connectivity index is 1.97. The van der Waals surface area contributed by atoms with Crippen LogP contribution in [0.2, 0.25) is 0 Å². The number of ether oxygens (including phenoxy) is 1. The summed E-state index contributed by atoms with van der Waals surface area (Å²) in [6.07, 6.45) is 0.221. The minimum atomic E-state index is -0.840. The largest absolute Gasteiger partial charge is 0.444 e. The van der Waals surface area contributed by atoms with E-state index in [9.17, 15) is 9.90 Å². The van der Waals surface area contributed by atoms with Crippen molar-refractivity contribution in [1.82, 2.24) is 4.90 Å². The first-order valence-electron chi connectivity index (χ1n) is 7.35. The Bertz CT molecular complexity index is 519. The van der Waals surface area contributed by atoms with Gasteiger partial charge >= 0.3 is 6.09 Å². The molecule has 2 rings (SSSR count). The van der Waals surface area contributed by atoms with Crippen LogP contribution >= 0.6 is 0 Å². The summed E-state index contributed by atoms with van der Waals surface area (Å²) < 4.78 is 5.31. The Morgan fingerprint density at radius 1 is 1.29 bits per heavy atom. The fourth-order valence-electron chi connectivity index (χ4n) is 2.69. The molecule has 0 spiro atoms. The van der Waals surface area contributed by atoms with Crippen molar-refractivity contribution in [2.75, 3.05) is 13.1 Å². The van der Waals surface area contributed by atoms with Gasteiger partial charge in [0.25, 0.3) is 0 Å². The number of carbonyl (C=O) groups is 1. The van der Waals surface area contributed by atoms with Crippen LogP contribution in [0.1, 0.15) is 37.5 Å². The first kappa shape index (κ1) is 15.8. The van der Waals surface area contributed by atoms with E-state index >= 15 is 0 Å². The van der Waals surface area contributed by atoms with Crippen molar-refractivity contribution < 1.29 is 14.6 Å². The number of rotatable bonds is 2. The van der Waals surface area contributed by atoms with Crippen molar-refractivity contribution in [3.63, 3.8) is 0 Å². The molecule has 0 saturated carbocycles. The van der Waals surface area contributed by atoms with E-state index in [1.807, 2.05) is 26.8 Å². The van der Waals surface area contributed by atoms with Gasteiger partial charge in [-0.1, -0.05) is 18.2 Å². The van der Waals surface area contributed by atoms with Crippen LogP contribution in [0.15, 0.2) is 18.2 Å². The standard InChI is InChI=1S/C17H25NO3/c1-12-7-6-8-13(2)14(12)9-17(20)10-18(11-17)15(19)21-16(3,4)5/h6-8,20H,9-11H2,1-5H3. The van der Waals surface area contributed by atoms with Crippen molar-refractivity contribution in [3.8, 4) is 0 Å². The Morgan fingerprint density at radius 3 is 2.29 bits per heavy atom. The van der Waals surface area contributed by atoms with Crippen molar-refractivity contribution in [2.24, 2.45) is 0 Å². The van der Waals surface area contributed by atoms with Crippen LogP contribution < -0.4 is 0 Å². The maximum absolute atomic E-state index is 11.9. The molecular formula is C17H25NO3. The van der Waals surface area contributed by atoms with Gasteiger partial charge in [-0.15, -0.1) is 0 Å². The molecule has 1 N–H and O–H groups in total. The number of amides is 1. The molecule has 0 aliphatic carbocycles. The zero-order valence-corrected chi connectivity index (χ0v) is 13.6. The zero-order valence-electron chi connectivity index (χ0n) is 13.6. The minimum Gasteiger partial charge on any atom is -0.444 e. The number of nitrogens with zero attached hydrogens (tertiary/aromatic N) is 1. The number of aliphatic hydroxyl groups is 1. The third kappa shape index (κ3) is 3.76. The van der Waals surface area contributed by atoms with E-state index in [1.165, 1.54) is 16.7 Å². The molecule has 1 heterocycles. The lowest BCUT2D eigenvalue weighted by Crippen LogP contribution is -2.65. The smallest absolute Gasteiger partial charge is 0.410 e. The first-order chi connectivity index (χ1) is 9.60. The average Bonchev–Trinajstić information content (AvgIpc) is 2.28. The zero-order chi connectivity index (χ0) is 15.8. The molecule has 1 fully saturated rings. The van der Waals surface area contributed by atoms with Crippen LogP contribution in [-0.2, 0) is 11.2 Å². The maximum Gasteiger partial charge on any atom is 0.410 e. The lowest BCUT2D eigenvalue weighted by atomic mass is 9.84. The average molecular weight is 291 g/mol.